The minimum absolute atomic E-state index is 0.156. The molecule has 0 bridgehead atoms. The average molecular weight is 308 g/mol. The Hall–Kier alpha value is -1.70. The van der Waals surface area contributed by atoms with Crippen LogP contribution in [0.25, 0.3) is 0 Å². The van der Waals surface area contributed by atoms with Crippen molar-refractivity contribution in [1.82, 2.24) is 14.3 Å². The van der Waals surface area contributed by atoms with Gasteiger partial charge in [0.25, 0.3) is 0 Å². The van der Waals surface area contributed by atoms with E-state index in [4.69, 9.17) is 5.73 Å². The lowest BCUT2D eigenvalue weighted by Gasteiger charge is -2.10. The molecule has 3 N–H and O–H groups in total. The van der Waals surface area contributed by atoms with Crippen molar-refractivity contribution in [2.45, 2.75) is 37.9 Å². The van der Waals surface area contributed by atoms with Crippen molar-refractivity contribution in [2.24, 2.45) is 5.73 Å². The van der Waals surface area contributed by atoms with Gasteiger partial charge in [0.15, 0.2) is 0 Å². The average Bonchev–Trinajstić information content (AvgIpc) is 2.92. The summed E-state index contributed by atoms with van der Waals surface area (Å²) in [5.74, 6) is 0. The lowest BCUT2D eigenvalue weighted by atomic mass is 10.3. The number of nitrogens with two attached hydrogens (primary N) is 1. The molecule has 2 aromatic heterocycles. The summed E-state index contributed by atoms with van der Waals surface area (Å²) in [4.78, 5) is 4.32. The zero-order chi connectivity index (χ0) is 15.5. The van der Waals surface area contributed by atoms with Crippen molar-refractivity contribution in [2.75, 3.05) is 0 Å². The fourth-order valence-electron chi connectivity index (χ4n) is 2.04. The maximum atomic E-state index is 12.3. The van der Waals surface area contributed by atoms with Crippen LogP contribution in [0.15, 0.2) is 41.6 Å². The minimum Gasteiger partial charge on any atom is -0.346 e. The third-order valence-corrected chi connectivity index (χ3v) is 4.52. The van der Waals surface area contributed by atoms with Crippen molar-refractivity contribution < 1.29 is 8.42 Å². The summed E-state index contributed by atoms with van der Waals surface area (Å²) in [6.07, 6.45) is 3.25. The molecule has 0 unspecified atom stereocenters. The SMILES string of the molecule is CC(C)n1cc(S(=O)(=O)NCc2ccccn2)cc1CN. The van der Waals surface area contributed by atoms with Gasteiger partial charge in [-0.2, -0.15) is 0 Å². The Morgan fingerprint density at radius 3 is 2.67 bits per heavy atom. The van der Waals surface area contributed by atoms with Crippen LogP contribution in [0.3, 0.4) is 0 Å². The minimum atomic E-state index is -3.57. The van der Waals surface area contributed by atoms with Crippen LogP contribution >= 0.6 is 0 Å². The summed E-state index contributed by atoms with van der Waals surface area (Å²) in [5, 5.41) is 0. The van der Waals surface area contributed by atoms with Gasteiger partial charge >= 0.3 is 0 Å². The van der Waals surface area contributed by atoms with Crippen molar-refractivity contribution in [3.8, 4) is 0 Å². The second kappa shape index (κ2) is 6.38. The van der Waals surface area contributed by atoms with E-state index >= 15 is 0 Å². The van der Waals surface area contributed by atoms with Crippen molar-refractivity contribution in [1.29, 1.82) is 0 Å². The third kappa shape index (κ3) is 3.69. The van der Waals surface area contributed by atoms with Gasteiger partial charge in [0.2, 0.25) is 10.0 Å². The van der Waals surface area contributed by atoms with E-state index in [1.165, 1.54) is 0 Å². The van der Waals surface area contributed by atoms with E-state index < -0.39 is 10.0 Å². The number of hydrogen-bond donors (Lipinski definition) is 2. The molecule has 6 nitrogen and oxygen atoms in total. The molecule has 0 saturated carbocycles. The van der Waals surface area contributed by atoms with E-state index in [9.17, 15) is 8.42 Å². The number of pyridine rings is 1. The van der Waals surface area contributed by atoms with E-state index in [-0.39, 0.29) is 17.5 Å². The number of hydrogen-bond acceptors (Lipinski definition) is 4. The maximum Gasteiger partial charge on any atom is 0.242 e. The van der Waals surface area contributed by atoms with E-state index in [2.05, 4.69) is 9.71 Å². The van der Waals surface area contributed by atoms with Crippen molar-refractivity contribution >= 4 is 10.0 Å². The maximum absolute atomic E-state index is 12.3. The van der Waals surface area contributed by atoms with E-state index in [1.807, 2.05) is 24.5 Å². The highest BCUT2D eigenvalue weighted by molar-refractivity contribution is 7.89. The summed E-state index contributed by atoms with van der Waals surface area (Å²) in [6, 6.07) is 7.14. The fourth-order valence-corrected chi connectivity index (χ4v) is 3.09. The number of nitrogens with one attached hydrogen (secondary N) is 1. The Balaban J connectivity index is 2.20. The highest BCUT2D eigenvalue weighted by atomic mass is 32.2. The Morgan fingerprint density at radius 1 is 1.38 bits per heavy atom. The van der Waals surface area contributed by atoms with E-state index in [0.29, 0.717) is 12.2 Å². The summed E-state index contributed by atoms with van der Waals surface area (Å²) >= 11 is 0. The summed E-state index contributed by atoms with van der Waals surface area (Å²) < 4.78 is 29.1. The lowest BCUT2D eigenvalue weighted by Crippen LogP contribution is -2.23. The predicted molar refractivity (Wildman–Crippen MR) is 81.0 cm³/mol. The van der Waals surface area contributed by atoms with E-state index in [0.717, 1.165) is 5.69 Å². The van der Waals surface area contributed by atoms with Crippen LogP contribution in [0.4, 0.5) is 0 Å². The van der Waals surface area contributed by atoms with Gasteiger partial charge in [-0.1, -0.05) is 6.07 Å². The summed E-state index contributed by atoms with van der Waals surface area (Å²) in [5.41, 5.74) is 7.13. The molecule has 2 rings (SSSR count). The Bertz CT molecular complexity index is 693. The standard InChI is InChI=1S/C14H20N4O2S/c1-11(2)18-10-14(7-13(18)8-15)21(19,20)17-9-12-5-3-4-6-16-12/h3-7,10-11,17H,8-9,15H2,1-2H3. The molecule has 0 aliphatic rings. The van der Waals surface area contributed by atoms with Gasteiger partial charge in [-0.05, 0) is 32.0 Å². The monoisotopic (exact) mass is 308 g/mol. The fraction of sp³-hybridized carbons (Fsp3) is 0.357. The van der Waals surface area contributed by atoms with Crippen LogP contribution in [0.1, 0.15) is 31.3 Å². The molecular formula is C14H20N4O2S. The van der Waals surface area contributed by atoms with Gasteiger partial charge in [-0.15, -0.1) is 0 Å². The van der Waals surface area contributed by atoms with Crippen LogP contribution in [0, 0.1) is 0 Å². The molecule has 2 heterocycles. The number of sulfonamides is 1. The zero-order valence-corrected chi connectivity index (χ0v) is 13.0. The highest BCUT2D eigenvalue weighted by Gasteiger charge is 2.18. The van der Waals surface area contributed by atoms with Gasteiger partial charge in [-0.3, -0.25) is 4.98 Å². The molecule has 0 amide bonds. The lowest BCUT2D eigenvalue weighted by molar-refractivity contribution is 0.569. The van der Waals surface area contributed by atoms with Crippen LogP contribution < -0.4 is 10.5 Å². The van der Waals surface area contributed by atoms with Gasteiger partial charge < -0.3 is 10.3 Å². The first-order chi connectivity index (χ1) is 9.94. The first-order valence-electron chi connectivity index (χ1n) is 6.74. The Labute approximate surface area is 125 Å². The number of aromatic nitrogens is 2. The van der Waals surface area contributed by atoms with Crippen LogP contribution in [0.5, 0.6) is 0 Å². The zero-order valence-electron chi connectivity index (χ0n) is 12.2. The molecule has 0 saturated heterocycles. The Morgan fingerprint density at radius 2 is 2.14 bits per heavy atom. The molecule has 0 aliphatic heterocycles. The molecule has 0 radical (unpaired) electrons. The quantitative estimate of drug-likeness (QED) is 0.844. The molecule has 2 aromatic rings. The topological polar surface area (TPSA) is 90.0 Å². The van der Waals surface area contributed by atoms with Crippen LogP contribution in [-0.4, -0.2) is 18.0 Å². The smallest absolute Gasteiger partial charge is 0.242 e. The second-order valence-electron chi connectivity index (χ2n) is 5.02. The van der Waals surface area contributed by atoms with Crippen LogP contribution in [0.2, 0.25) is 0 Å². The van der Waals surface area contributed by atoms with Crippen molar-refractivity contribution in [3.05, 3.63) is 48.0 Å². The first kappa shape index (κ1) is 15.7. The van der Waals surface area contributed by atoms with E-state index in [1.54, 1.807) is 30.6 Å². The molecule has 0 atom stereocenters. The summed E-state index contributed by atoms with van der Waals surface area (Å²) in [6.45, 7) is 4.43. The largest absolute Gasteiger partial charge is 0.346 e. The summed E-state index contributed by atoms with van der Waals surface area (Å²) in [7, 11) is -3.57. The molecule has 114 valence electrons. The van der Waals surface area contributed by atoms with Gasteiger partial charge in [0.05, 0.1) is 17.1 Å². The van der Waals surface area contributed by atoms with Gasteiger partial charge in [-0.25, -0.2) is 13.1 Å². The number of nitrogens with zero attached hydrogens (tertiary/aromatic N) is 2. The highest BCUT2D eigenvalue weighted by Crippen LogP contribution is 2.18. The van der Waals surface area contributed by atoms with Crippen molar-refractivity contribution in [3.63, 3.8) is 0 Å². The predicted octanol–water partition coefficient (Wildman–Crippen LogP) is 1.40. The van der Waals surface area contributed by atoms with Gasteiger partial charge in [0, 0.05) is 30.7 Å². The number of rotatable bonds is 6. The molecule has 0 aliphatic carbocycles. The van der Waals surface area contributed by atoms with Crippen LogP contribution in [-0.2, 0) is 23.1 Å². The Kier molecular flexibility index (Phi) is 4.76. The molecule has 0 aromatic carbocycles. The molecule has 0 fully saturated rings. The normalized spacial score (nSPS) is 12.0. The first-order valence-corrected chi connectivity index (χ1v) is 8.22. The molecule has 7 heteroatoms. The van der Waals surface area contributed by atoms with Gasteiger partial charge in [0.1, 0.15) is 0 Å². The third-order valence-electron chi connectivity index (χ3n) is 3.15. The molecule has 21 heavy (non-hydrogen) atoms. The molecule has 0 spiro atoms. The molecular weight excluding hydrogens is 288 g/mol. The second-order valence-corrected chi connectivity index (χ2v) is 6.78.